The predicted octanol–water partition coefficient (Wildman–Crippen LogP) is 3.23. The SMILES string of the molecule is CCC1CCCC1NCc1ccc(C#N)cc1. The summed E-state index contributed by atoms with van der Waals surface area (Å²) >= 11 is 0. The molecule has 1 fully saturated rings. The van der Waals surface area contributed by atoms with Crippen molar-refractivity contribution in [2.24, 2.45) is 5.92 Å². The van der Waals surface area contributed by atoms with Gasteiger partial charge >= 0.3 is 0 Å². The molecule has 0 amide bonds. The third-order valence-corrected chi connectivity index (χ3v) is 3.83. The van der Waals surface area contributed by atoms with E-state index >= 15 is 0 Å². The highest BCUT2D eigenvalue weighted by Crippen LogP contribution is 2.28. The second kappa shape index (κ2) is 5.84. The Morgan fingerprint density at radius 2 is 2.06 bits per heavy atom. The molecule has 1 N–H and O–H groups in total. The summed E-state index contributed by atoms with van der Waals surface area (Å²) in [5, 5.41) is 12.4. The Labute approximate surface area is 104 Å². The molecule has 0 spiro atoms. The van der Waals surface area contributed by atoms with Crippen molar-refractivity contribution in [3.8, 4) is 6.07 Å². The Morgan fingerprint density at radius 3 is 2.71 bits per heavy atom. The second-order valence-corrected chi connectivity index (χ2v) is 4.90. The van der Waals surface area contributed by atoms with Crippen LogP contribution in [0, 0.1) is 17.2 Å². The van der Waals surface area contributed by atoms with Crippen molar-refractivity contribution in [3.05, 3.63) is 35.4 Å². The molecule has 2 nitrogen and oxygen atoms in total. The molecule has 2 atom stereocenters. The van der Waals surface area contributed by atoms with Gasteiger partial charge in [0.2, 0.25) is 0 Å². The lowest BCUT2D eigenvalue weighted by Gasteiger charge is -2.19. The minimum atomic E-state index is 0.690. The fourth-order valence-corrected chi connectivity index (χ4v) is 2.74. The van der Waals surface area contributed by atoms with Gasteiger partial charge in [-0.25, -0.2) is 0 Å². The standard InChI is InChI=1S/C15H20N2/c1-2-14-4-3-5-15(14)17-11-13-8-6-12(10-16)7-9-13/h6-9,14-15,17H,2-5,11H2,1H3. The molecule has 1 aromatic carbocycles. The van der Waals surface area contributed by atoms with Crippen molar-refractivity contribution in [1.29, 1.82) is 5.26 Å². The van der Waals surface area contributed by atoms with Gasteiger partial charge in [0, 0.05) is 12.6 Å². The van der Waals surface area contributed by atoms with Gasteiger partial charge < -0.3 is 5.32 Å². The molecule has 0 radical (unpaired) electrons. The van der Waals surface area contributed by atoms with Crippen molar-refractivity contribution < 1.29 is 0 Å². The maximum atomic E-state index is 8.73. The lowest BCUT2D eigenvalue weighted by Crippen LogP contribution is -2.31. The molecule has 1 aliphatic carbocycles. The first kappa shape index (κ1) is 12.1. The van der Waals surface area contributed by atoms with Crippen LogP contribution >= 0.6 is 0 Å². The van der Waals surface area contributed by atoms with Crippen molar-refractivity contribution in [3.63, 3.8) is 0 Å². The van der Waals surface area contributed by atoms with Gasteiger partial charge in [0.25, 0.3) is 0 Å². The first-order chi connectivity index (χ1) is 8.33. The van der Waals surface area contributed by atoms with Crippen LogP contribution in [-0.2, 0) is 6.54 Å². The molecule has 0 heterocycles. The molecule has 2 unspecified atom stereocenters. The van der Waals surface area contributed by atoms with E-state index in [2.05, 4.69) is 18.3 Å². The molecule has 1 aliphatic rings. The van der Waals surface area contributed by atoms with Crippen LogP contribution in [-0.4, -0.2) is 6.04 Å². The number of hydrogen-bond acceptors (Lipinski definition) is 2. The molecule has 0 aliphatic heterocycles. The van der Waals surface area contributed by atoms with Crippen LogP contribution in [0.3, 0.4) is 0 Å². The highest BCUT2D eigenvalue weighted by Gasteiger charge is 2.24. The number of nitriles is 1. The van der Waals surface area contributed by atoms with Crippen LogP contribution in [0.15, 0.2) is 24.3 Å². The van der Waals surface area contributed by atoms with Gasteiger partial charge in [-0.2, -0.15) is 5.26 Å². The second-order valence-electron chi connectivity index (χ2n) is 4.90. The van der Waals surface area contributed by atoms with Crippen molar-refractivity contribution in [1.82, 2.24) is 5.32 Å². The van der Waals surface area contributed by atoms with E-state index in [0.29, 0.717) is 6.04 Å². The molecule has 90 valence electrons. The van der Waals surface area contributed by atoms with E-state index in [0.717, 1.165) is 18.0 Å². The minimum Gasteiger partial charge on any atom is -0.310 e. The largest absolute Gasteiger partial charge is 0.310 e. The third-order valence-electron chi connectivity index (χ3n) is 3.83. The molecule has 0 aromatic heterocycles. The molecule has 1 saturated carbocycles. The van der Waals surface area contributed by atoms with Crippen LogP contribution in [0.2, 0.25) is 0 Å². The summed E-state index contributed by atoms with van der Waals surface area (Å²) in [4.78, 5) is 0. The molecule has 0 saturated heterocycles. The lowest BCUT2D eigenvalue weighted by molar-refractivity contribution is 0.389. The Morgan fingerprint density at radius 1 is 1.29 bits per heavy atom. The predicted molar refractivity (Wildman–Crippen MR) is 69.4 cm³/mol. The summed E-state index contributed by atoms with van der Waals surface area (Å²) in [5.74, 6) is 0.855. The molecular weight excluding hydrogens is 208 g/mol. The van der Waals surface area contributed by atoms with Crippen LogP contribution in [0.25, 0.3) is 0 Å². The number of hydrogen-bond donors (Lipinski definition) is 1. The molecule has 2 rings (SSSR count). The highest BCUT2D eigenvalue weighted by molar-refractivity contribution is 5.31. The number of rotatable bonds is 4. The van der Waals surface area contributed by atoms with Crippen LogP contribution < -0.4 is 5.32 Å². The maximum absolute atomic E-state index is 8.73. The van der Waals surface area contributed by atoms with Crippen molar-refractivity contribution in [2.45, 2.75) is 45.2 Å². The summed E-state index contributed by atoms with van der Waals surface area (Å²) in [5.41, 5.74) is 2.01. The van der Waals surface area contributed by atoms with Gasteiger partial charge in [-0.3, -0.25) is 0 Å². The highest BCUT2D eigenvalue weighted by atomic mass is 14.9. The van der Waals surface area contributed by atoms with Gasteiger partial charge in [-0.05, 0) is 36.5 Å². The molecule has 17 heavy (non-hydrogen) atoms. The van der Waals surface area contributed by atoms with Crippen LogP contribution in [0.1, 0.15) is 43.7 Å². The molecular formula is C15H20N2. The lowest BCUT2D eigenvalue weighted by atomic mass is 10.0. The fraction of sp³-hybridized carbons (Fsp3) is 0.533. The smallest absolute Gasteiger partial charge is 0.0991 e. The summed E-state index contributed by atoms with van der Waals surface area (Å²) in [6.07, 6.45) is 5.34. The van der Waals surface area contributed by atoms with Gasteiger partial charge in [-0.15, -0.1) is 0 Å². The Bertz CT molecular complexity index is 388. The van der Waals surface area contributed by atoms with Gasteiger partial charge in [0.15, 0.2) is 0 Å². The summed E-state index contributed by atoms with van der Waals surface area (Å²) in [6, 6.07) is 10.7. The summed E-state index contributed by atoms with van der Waals surface area (Å²) in [7, 11) is 0. The van der Waals surface area contributed by atoms with Gasteiger partial charge in [0.05, 0.1) is 11.6 Å². The third kappa shape index (κ3) is 3.08. The van der Waals surface area contributed by atoms with Gasteiger partial charge in [0.1, 0.15) is 0 Å². The zero-order valence-corrected chi connectivity index (χ0v) is 10.4. The van der Waals surface area contributed by atoms with Crippen molar-refractivity contribution in [2.75, 3.05) is 0 Å². The van der Waals surface area contributed by atoms with E-state index in [1.807, 2.05) is 24.3 Å². The quantitative estimate of drug-likeness (QED) is 0.858. The normalized spacial score (nSPS) is 23.5. The van der Waals surface area contributed by atoms with E-state index < -0.39 is 0 Å². The fourth-order valence-electron chi connectivity index (χ4n) is 2.74. The van der Waals surface area contributed by atoms with Crippen molar-refractivity contribution >= 4 is 0 Å². The van der Waals surface area contributed by atoms with E-state index in [9.17, 15) is 0 Å². The van der Waals surface area contributed by atoms with Gasteiger partial charge in [-0.1, -0.05) is 31.9 Å². The zero-order valence-electron chi connectivity index (χ0n) is 10.4. The Balaban J connectivity index is 1.87. The van der Waals surface area contributed by atoms with Crippen LogP contribution in [0.5, 0.6) is 0 Å². The number of nitrogens with one attached hydrogen (secondary N) is 1. The Kier molecular flexibility index (Phi) is 4.17. The van der Waals surface area contributed by atoms with E-state index in [1.54, 1.807) is 0 Å². The average Bonchev–Trinajstić information content (AvgIpc) is 2.84. The maximum Gasteiger partial charge on any atom is 0.0991 e. The van der Waals surface area contributed by atoms with E-state index in [1.165, 1.54) is 31.2 Å². The minimum absolute atomic E-state index is 0.690. The zero-order chi connectivity index (χ0) is 12.1. The number of nitrogens with zero attached hydrogens (tertiary/aromatic N) is 1. The molecule has 1 aromatic rings. The van der Waals surface area contributed by atoms with E-state index in [4.69, 9.17) is 5.26 Å². The average molecular weight is 228 g/mol. The van der Waals surface area contributed by atoms with E-state index in [-0.39, 0.29) is 0 Å². The first-order valence-corrected chi connectivity index (χ1v) is 6.56. The summed E-state index contributed by atoms with van der Waals surface area (Å²) < 4.78 is 0. The number of benzene rings is 1. The first-order valence-electron chi connectivity index (χ1n) is 6.56. The molecule has 2 heteroatoms. The van der Waals surface area contributed by atoms with Crippen LogP contribution in [0.4, 0.5) is 0 Å². The summed E-state index contributed by atoms with van der Waals surface area (Å²) in [6.45, 7) is 3.21. The monoisotopic (exact) mass is 228 g/mol. The Hall–Kier alpha value is -1.33. The topological polar surface area (TPSA) is 35.8 Å². The molecule has 0 bridgehead atoms.